The van der Waals surface area contributed by atoms with E-state index in [4.69, 9.17) is 0 Å². The van der Waals surface area contributed by atoms with Gasteiger partial charge in [0.2, 0.25) is 5.95 Å². The lowest BCUT2D eigenvalue weighted by Crippen LogP contribution is -2.41. The van der Waals surface area contributed by atoms with E-state index in [1.165, 1.54) is 32.4 Å². The summed E-state index contributed by atoms with van der Waals surface area (Å²) in [5.41, 5.74) is 0. The minimum Gasteiger partial charge on any atom is -0.368 e. The second-order valence-corrected chi connectivity index (χ2v) is 5.12. The number of hydrogen-bond acceptors (Lipinski definition) is 5. The second-order valence-electron chi connectivity index (χ2n) is 5.12. The first-order valence-corrected chi connectivity index (χ1v) is 7.34. The molecule has 1 aliphatic rings. The van der Waals surface area contributed by atoms with Gasteiger partial charge in [-0.2, -0.15) is 4.98 Å². The monoisotopic (exact) mass is 263 g/mol. The second kappa shape index (κ2) is 7.28. The molecule has 1 aromatic heterocycles. The summed E-state index contributed by atoms with van der Waals surface area (Å²) >= 11 is 0. The van der Waals surface area contributed by atoms with Crippen LogP contribution in [-0.4, -0.2) is 47.1 Å². The van der Waals surface area contributed by atoms with Gasteiger partial charge in [-0.05, 0) is 45.8 Å². The fourth-order valence-electron chi connectivity index (χ4n) is 2.44. The molecule has 2 N–H and O–H groups in total. The van der Waals surface area contributed by atoms with E-state index in [1.807, 2.05) is 13.0 Å². The topological polar surface area (TPSA) is 53.1 Å². The normalized spacial score (nSPS) is 18.0. The van der Waals surface area contributed by atoms with E-state index in [-0.39, 0.29) is 0 Å². The molecule has 1 unspecified atom stereocenters. The number of nitrogens with zero attached hydrogens (tertiary/aromatic N) is 3. The molecule has 2 heterocycles. The third-order valence-corrected chi connectivity index (χ3v) is 3.58. The van der Waals surface area contributed by atoms with Crippen LogP contribution in [0.25, 0.3) is 0 Å². The van der Waals surface area contributed by atoms with Crippen LogP contribution in [-0.2, 0) is 0 Å². The summed E-state index contributed by atoms with van der Waals surface area (Å²) in [6, 6.07) is 2.47. The molecule has 1 aromatic rings. The maximum Gasteiger partial charge on any atom is 0.224 e. The molecular weight excluding hydrogens is 238 g/mol. The highest BCUT2D eigenvalue weighted by atomic mass is 15.2. The number of aromatic nitrogens is 2. The molecule has 2 rings (SSSR count). The van der Waals surface area contributed by atoms with Gasteiger partial charge in [0.1, 0.15) is 5.82 Å². The molecule has 1 atom stereocenters. The molecule has 0 amide bonds. The van der Waals surface area contributed by atoms with Crippen LogP contribution >= 0.6 is 0 Å². The van der Waals surface area contributed by atoms with Crippen molar-refractivity contribution in [2.24, 2.45) is 0 Å². The fourth-order valence-corrected chi connectivity index (χ4v) is 2.44. The van der Waals surface area contributed by atoms with Crippen molar-refractivity contribution in [2.75, 3.05) is 36.8 Å². The van der Waals surface area contributed by atoms with Gasteiger partial charge in [-0.15, -0.1) is 0 Å². The van der Waals surface area contributed by atoms with Gasteiger partial charge in [-0.3, -0.25) is 4.90 Å². The fraction of sp³-hybridized carbons (Fsp3) is 0.714. The number of likely N-dealkylation sites (tertiary alicyclic amines) is 1. The Balaban J connectivity index is 1.82. The summed E-state index contributed by atoms with van der Waals surface area (Å²) in [7, 11) is 0. The Labute approximate surface area is 115 Å². The Morgan fingerprint density at radius 1 is 1.26 bits per heavy atom. The number of hydrogen-bond donors (Lipinski definition) is 2. The van der Waals surface area contributed by atoms with Crippen molar-refractivity contribution >= 4 is 11.8 Å². The number of anilines is 2. The molecular formula is C14H25N5. The zero-order chi connectivity index (χ0) is 13.5. The van der Waals surface area contributed by atoms with Gasteiger partial charge in [0.05, 0.1) is 0 Å². The smallest absolute Gasteiger partial charge is 0.224 e. The van der Waals surface area contributed by atoms with Crippen LogP contribution in [0.2, 0.25) is 0 Å². The number of nitrogens with one attached hydrogen (secondary N) is 2. The molecule has 1 aliphatic heterocycles. The lowest BCUT2D eigenvalue weighted by atomic mass is 10.1. The molecule has 0 radical (unpaired) electrons. The van der Waals surface area contributed by atoms with Gasteiger partial charge in [0.15, 0.2) is 0 Å². The van der Waals surface area contributed by atoms with Gasteiger partial charge in [0, 0.05) is 25.3 Å². The summed E-state index contributed by atoms with van der Waals surface area (Å²) in [6.45, 7) is 8.56. The first-order chi connectivity index (χ1) is 9.29. The summed E-state index contributed by atoms with van der Waals surface area (Å²) in [4.78, 5) is 11.2. The summed E-state index contributed by atoms with van der Waals surface area (Å²) < 4.78 is 0. The SMILES string of the molecule is CCNc1nccc(NCC(C)N2CCCCC2)n1. The standard InChI is InChI=1S/C14H25N5/c1-3-15-14-16-8-7-13(18-14)17-11-12(2)19-9-5-4-6-10-19/h7-8,12H,3-6,9-11H2,1-2H3,(H2,15,16,17,18). The predicted octanol–water partition coefficient (Wildman–Crippen LogP) is 2.19. The zero-order valence-corrected chi connectivity index (χ0v) is 12.0. The van der Waals surface area contributed by atoms with Crippen LogP contribution in [0.5, 0.6) is 0 Å². The maximum absolute atomic E-state index is 4.43. The third-order valence-electron chi connectivity index (χ3n) is 3.58. The van der Waals surface area contributed by atoms with Crippen molar-refractivity contribution in [3.05, 3.63) is 12.3 Å². The Morgan fingerprint density at radius 3 is 2.79 bits per heavy atom. The molecule has 0 bridgehead atoms. The number of rotatable bonds is 6. The van der Waals surface area contributed by atoms with Gasteiger partial charge in [-0.25, -0.2) is 4.98 Å². The van der Waals surface area contributed by atoms with Crippen LogP contribution in [0, 0.1) is 0 Å². The maximum atomic E-state index is 4.43. The minimum atomic E-state index is 0.554. The Kier molecular flexibility index (Phi) is 5.39. The minimum absolute atomic E-state index is 0.554. The lowest BCUT2D eigenvalue weighted by molar-refractivity contribution is 0.180. The van der Waals surface area contributed by atoms with Crippen molar-refractivity contribution in [2.45, 2.75) is 39.2 Å². The van der Waals surface area contributed by atoms with Gasteiger partial charge in [0.25, 0.3) is 0 Å². The average molecular weight is 263 g/mol. The molecule has 0 aromatic carbocycles. The first kappa shape index (κ1) is 14.1. The molecule has 19 heavy (non-hydrogen) atoms. The zero-order valence-electron chi connectivity index (χ0n) is 12.0. The highest BCUT2D eigenvalue weighted by Crippen LogP contribution is 2.13. The van der Waals surface area contributed by atoms with Gasteiger partial charge >= 0.3 is 0 Å². The highest BCUT2D eigenvalue weighted by molar-refractivity contribution is 5.39. The van der Waals surface area contributed by atoms with E-state index in [0.29, 0.717) is 12.0 Å². The molecule has 1 saturated heterocycles. The van der Waals surface area contributed by atoms with Crippen molar-refractivity contribution in [3.63, 3.8) is 0 Å². The van der Waals surface area contributed by atoms with Crippen molar-refractivity contribution in [1.82, 2.24) is 14.9 Å². The van der Waals surface area contributed by atoms with E-state index in [9.17, 15) is 0 Å². The van der Waals surface area contributed by atoms with Crippen LogP contribution in [0.15, 0.2) is 12.3 Å². The Hall–Kier alpha value is -1.36. The largest absolute Gasteiger partial charge is 0.368 e. The molecule has 0 spiro atoms. The molecule has 106 valence electrons. The van der Waals surface area contributed by atoms with E-state index < -0.39 is 0 Å². The Bertz CT molecular complexity index is 376. The van der Waals surface area contributed by atoms with E-state index in [1.54, 1.807) is 6.20 Å². The molecule has 5 nitrogen and oxygen atoms in total. The number of piperidine rings is 1. The highest BCUT2D eigenvalue weighted by Gasteiger charge is 2.16. The molecule has 5 heteroatoms. The molecule has 0 aliphatic carbocycles. The van der Waals surface area contributed by atoms with Gasteiger partial charge < -0.3 is 10.6 Å². The summed E-state index contributed by atoms with van der Waals surface area (Å²) in [5.74, 6) is 1.59. The average Bonchev–Trinajstić information content (AvgIpc) is 2.46. The van der Waals surface area contributed by atoms with Crippen LogP contribution in [0.3, 0.4) is 0 Å². The van der Waals surface area contributed by atoms with Crippen LogP contribution in [0.4, 0.5) is 11.8 Å². The molecule has 1 fully saturated rings. The van der Waals surface area contributed by atoms with Gasteiger partial charge in [-0.1, -0.05) is 6.42 Å². The van der Waals surface area contributed by atoms with Crippen molar-refractivity contribution < 1.29 is 0 Å². The Morgan fingerprint density at radius 2 is 2.05 bits per heavy atom. The van der Waals surface area contributed by atoms with Crippen LogP contribution < -0.4 is 10.6 Å². The third kappa shape index (κ3) is 4.35. The first-order valence-electron chi connectivity index (χ1n) is 7.34. The van der Waals surface area contributed by atoms with E-state index in [2.05, 4.69) is 32.4 Å². The van der Waals surface area contributed by atoms with Crippen molar-refractivity contribution in [3.8, 4) is 0 Å². The van der Waals surface area contributed by atoms with E-state index >= 15 is 0 Å². The predicted molar refractivity (Wildman–Crippen MR) is 79.6 cm³/mol. The molecule has 0 saturated carbocycles. The summed E-state index contributed by atoms with van der Waals surface area (Å²) in [6.07, 6.45) is 5.85. The quantitative estimate of drug-likeness (QED) is 0.824. The van der Waals surface area contributed by atoms with E-state index in [0.717, 1.165) is 18.9 Å². The van der Waals surface area contributed by atoms with Crippen LogP contribution in [0.1, 0.15) is 33.1 Å². The summed E-state index contributed by atoms with van der Waals surface area (Å²) in [5, 5.41) is 6.53. The lowest BCUT2D eigenvalue weighted by Gasteiger charge is -2.32. The van der Waals surface area contributed by atoms with Crippen molar-refractivity contribution in [1.29, 1.82) is 0 Å².